The number of benzene rings is 2. The summed E-state index contributed by atoms with van der Waals surface area (Å²) in [6.45, 7) is 0. The van der Waals surface area contributed by atoms with Crippen molar-refractivity contribution in [3.05, 3.63) is 48.0 Å². The van der Waals surface area contributed by atoms with E-state index in [1.807, 2.05) is 0 Å². The maximum absolute atomic E-state index is 13.1. The van der Waals surface area contributed by atoms with Gasteiger partial charge in [0.25, 0.3) is 0 Å². The minimum Gasteiger partial charge on any atom is -0.493 e. The van der Waals surface area contributed by atoms with Crippen molar-refractivity contribution < 1.29 is 31.5 Å². The van der Waals surface area contributed by atoms with Crippen molar-refractivity contribution in [2.24, 2.45) is 0 Å². The van der Waals surface area contributed by atoms with Crippen LogP contribution >= 0.6 is 0 Å². The Balaban J connectivity index is 2.05. The number of hydrogen-bond acceptors (Lipinski definition) is 5. The molecule has 0 aliphatic rings. The molecule has 2 aromatic rings. The predicted molar refractivity (Wildman–Crippen MR) is 91.2 cm³/mol. The number of ether oxygens (including phenoxy) is 2. The van der Waals surface area contributed by atoms with Gasteiger partial charge in [-0.1, -0.05) is 0 Å². The summed E-state index contributed by atoms with van der Waals surface area (Å²) in [6, 6.07) is 6.97. The number of sulfone groups is 1. The lowest BCUT2D eigenvalue weighted by molar-refractivity contribution is -0.115. The lowest BCUT2D eigenvalue weighted by atomic mass is 10.3. The Bertz CT molecular complexity index is 915. The Morgan fingerprint density at radius 1 is 1.00 bits per heavy atom. The quantitative estimate of drug-likeness (QED) is 0.793. The van der Waals surface area contributed by atoms with Gasteiger partial charge in [-0.25, -0.2) is 17.2 Å². The summed E-state index contributed by atoms with van der Waals surface area (Å²) in [5, 5.41) is 2.32. The summed E-state index contributed by atoms with van der Waals surface area (Å²) in [6.07, 6.45) is -0.352. The smallest absolute Gasteiger partial charge is 0.225 e. The van der Waals surface area contributed by atoms with Crippen molar-refractivity contribution in [1.29, 1.82) is 0 Å². The van der Waals surface area contributed by atoms with Crippen LogP contribution in [0.3, 0.4) is 0 Å². The van der Waals surface area contributed by atoms with Gasteiger partial charge < -0.3 is 14.8 Å². The molecule has 9 heteroatoms. The highest BCUT2D eigenvalue weighted by atomic mass is 32.2. The molecule has 1 amide bonds. The van der Waals surface area contributed by atoms with E-state index in [-0.39, 0.29) is 22.8 Å². The number of carbonyl (C=O) groups is 1. The second-order valence-electron chi connectivity index (χ2n) is 5.26. The van der Waals surface area contributed by atoms with Gasteiger partial charge in [0.15, 0.2) is 33.0 Å². The van der Waals surface area contributed by atoms with E-state index in [9.17, 15) is 22.0 Å². The molecular formula is C17H17F2NO5S. The Morgan fingerprint density at radius 3 is 2.31 bits per heavy atom. The molecule has 0 fully saturated rings. The number of nitrogens with one attached hydrogen (secondary N) is 1. The molecule has 0 bridgehead atoms. The van der Waals surface area contributed by atoms with Gasteiger partial charge in [0.2, 0.25) is 5.91 Å². The number of rotatable bonds is 7. The monoisotopic (exact) mass is 385 g/mol. The summed E-state index contributed by atoms with van der Waals surface area (Å²) >= 11 is 0. The maximum atomic E-state index is 13.1. The number of hydrogen-bond donors (Lipinski definition) is 1. The number of halogens is 2. The van der Waals surface area contributed by atoms with Crippen LogP contribution in [0.4, 0.5) is 14.5 Å². The van der Waals surface area contributed by atoms with Gasteiger partial charge in [0, 0.05) is 24.2 Å². The maximum Gasteiger partial charge on any atom is 0.225 e. The average molecular weight is 385 g/mol. The molecular weight excluding hydrogens is 368 g/mol. The first-order valence-corrected chi connectivity index (χ1v) is 9.11. The first-order valence-electron chi connectivity index (χ1n) is 7.46. The van der Waals surface area contributed by atoms with Crippen molar-refractivity contribution in [3.63, 3.8) is 0 Å². The molecule has 0 aromatic heterocycles. The topological polar surface area (TPSA) is 81.7 Å². The van der Waals surface area contributed by atoms with Gasteiger partial charge in [0.05, 0.1) is 24.9 Å². The van der Waals surface area contributed by atoms with Crippen LogP contribution in [0, 0.1) is 11.6 Å². The molecule has 0 aliphatic heterocycles. The molecule has 0 radical (unpaired) electrons. The van der Waals surface area contributed by atoms with Crippen molar-refractivity contribution in [2.45, 2.75) is 11.3 Å². The lowest BCUT2D eigenvalue weighted by Crippen LogP contribution is -2.17. The van der Waals surface area contributed by atoms with Crippen molar-refractivity contribution >= 4 is 21.4 Å². The molecule has 0 heterocycles. The Kier molecular flexibility index (Phi) is 6.14. The summed E-state index contributed by atoms with van der Waals surface area (Å²) in [4.78, 5) is 11.9. The largest absolute Gasteiger partial charge is 0.493 e. The number of anilines is 1. The SMILES string of the molecule is COc1ccc(S(=O)(=O)CCC(=O)Nc2ccc(F)c(F)c2)cc1OC. The fraction of sp³-hybridized carbons (Fsp3) is 0.235. The standard InChI is InChI=1S/C17H17F2NO5S/c1-24-15-6-4-12(10-16(15)25-2)26(22,23)8-7-17(21)20-11-3-5-13(18)14(19)9-11/h3-6,9-10H,7-8H2,1-2H3,(H,20,21). The van der Waals surface area contributed by atoms with Crippen molar-refractivity contribution in [1.82, 2.24) is 0 Å². The molecule has 0 spiro atoms. The van der Waals surface area contributed by atoms with Gasteiger partial charge in [-0.3, -0.25) is 4.79 Å². The van der Waals surface area contributed by atoms with Crippen LogP contribution in [-0.4, -0.2) is 34.3 Å². The van der Waals surface area contributed by atoms with Crippen LogP contribution in [-0.2, 0) is 14.6 Å². The Hall–Kier alpha value is -2.68. The zero-order valence-corrected chi connectivity index (χ0v) is 14.9. The lowest BCUT2D eigenvalue weighted by Gasteiger charge is -2.10. The normalized spacial score (nSPS) is 11.1. The van der Waals surface area contributed by atoms with E-state index in [0.717, 1.165) is 12.1 Å². The third-order valence-corrected chi connectivity index (χ3v) is 5.23. The van der Waals surface area contributed by atoms with Gasteiger partial charge in [-0.15, -0.1) is 0 Å². The van der Waals surface area contributed by atoms with Crippen LogP contribution in [0.15, 0.2) is 41.3 Å². The third-order valence-electron chi connectivity index (χ3n) is 3.52. The van der Waals surface area contributed by atoms with Gasteiger partial charge in [-0.05, 0) is 24.3 Å². The number of carbonyl (C=O) groups excluding carboxylic acids is 1. The van der Waals surface area contributed by atoms with Crippen LogP contribution in [0.25, 0.3) is 0 Å². The number of amides is 1. The first-order chi connectivity index (χ1) is 12.3. The van der Waals surface area contributed by atoms with Crippen LogP contribution in [0.1, 0.15) is 6.42 Å². The number of methoxy groups -OCH3 is 2. The molecule has 1 N–H and O–H groups in total. The zero-order valence-electron chi connectivity index (χ0n) is 14.1. The van der Waals surface area contributed by atoms with Crippen LogP contribution in [0.2, 0.25) is 0 Å². The van der Waals surface area contributed by atoms with E-state index in [4.69, 9.17) is 9.47 Å². The molecule has 0 unspecified atom stereocenters. The van der Waals surface area contributed by atoms with Gasteiger partial charge in [0.1, 0.15) is 0 Å². The summed E-state index contributed by atoms with van der Waals surface area (Å²) < 4.78 is 60.8. The van der Waals surface area contributed by atoms with Crippen LogP contribution in [0.5, 0.6) is 11.5 Å². The minimum atomic E-state index is -3.75. The molecule has 0 aliphatic carbocycles. The first kappa shape index (κ1) is 19.6. The molecule has 140 valence electrons. The fourth-order valence-electron chi connectivity index (χ4n) is 2.15. The van der Waals surface area contributed by atoms with E-state index in [1.54, 1.807) is 0 Å². The summed E-state index contributed by atoms with van der Waals surface area (Å²) in [5.74, 6) is -2.62. The van der Waals surface area contributed by atoms with E-state index >= 15 is 0 Å². The molecule has 2 aromatic carbocycles. The Labute approximate surface area is 149 Å². The van der Waals surface area contributed by atoms with E-state index in [1.165, 1.54) is 38.5 Å². The van der Waals surface area contributed by atoms with Crippen molar-refractivity contribution in [3.8, 4) is 11.5 Å². The second kappa shape index (κ2) is 8.13. The van der Waals surface area contributed by atoms with E-state index in [0.29, 0.717) is 5.75 Å². The van der Waals surface area contributed by atoms with Gasteiger partial charge >= 0.3 is 0 Å². The highest BCUT2D eigenvalue weighted by molar-refractivity contribution is 7.91. The summed E-state index contributed by atoms with van der Waals surface area (Å²) in [5.41, 5.74) is 0.0393. The Morgan fingerprint density at radius 2 is 1.69 bits per heavy atom. The van der Waals surface area contributed by atoms with E-state index in [2.05, 4.69) is 5.32 Å². The molecule has 0 atom stereocenters. The average Bonchev–Trinajstić information content (AvgIpc) is 2.62. The molecule has 0 saturated heterocycles. The fourth-order valence-corrected chi connectivity index (χ4v) is 3.40. The molecule has 6 nitrogen and oxygen atoms in total. The summed E-state index contributed by atoms with van der Waals surface area (Å²) in [7, 11) is -0.947. The molecule has 0 saturated carbocycles. The molecule has 26 heavy (non-hydrogen) atoms. The zero-order chi connectivity index (χ0) is 19.3. The highest BCUT2D eigenvalue weighted by Gasteiger charge is 2.19. The predicted octanol–water partition coefficient (Wildman–Crippen LogP) is 2.78. The highest BCUT2D eigenvalue weighted by Crippen LogP contribution is 2.30. The third kappa shape index (κ3) is 4.69. The van der Waals surface area contributed by atoms with Gasteiger partial charge in [-0.2, -0.15) is 0 Å². The van der Waals surface area contributed by atoms with Crippen molar-refractivity contribution in [2.75, 3.05) is 25.3 Å². The minimum absolute atomic E-state index is 0.0178. The second-order valence-corrected chi connectivity index (χ2v) is 7.37. The van der Waals surface area contributed by atoms with Crippen LogP contribution < -0.4 is 14.8 Å². The van der Waals surface area contributed by atoms with E-state index < -0.39 is 33.1 Å². The molecule has 2 rings (SSSR count).